The minimum absolute atomic E-state index is 0.0411. The summed E-state index contributed by atoms with van der Waals surface area (Å²) in [6.45, 7) is 5.61. The molecule has 0 spiro atoms. The molecule has 1 amide bonds. The maximum absolute atomic E-state index is 12.3. The van der Waals surface area contributed by atoms with Crippen molar-refractivity contribution in [2.24, 2.45) is 5.73 Å². The van der Waals surface area contributed by atoms with Gasteiger partial charge in [0.1, 0.15) is 5.69 Å². The Kier molecular flexibility index (Phi) is 3.93. The predicted octanol–water partition coefficient (Wildman–Crippen LogP) is 0.790. The second-order valence-electron chi connectivity index (χ2n) is 4.72. The van der Waals surface area contributed by atoms with Crippen molar-refractivity contribution < 1.29 is 9.53 Å². The molecule has 5 heteroatoms. The molecule has 1 aromatic heterocycles. The first kappa shape index (κ1) is 13.0. The number of carbonyl (C=O) groups is 1. The van der Waals surface area contributed by atoms with E-state index < -0.39 is 0 Å². The van der Waals surface area contributed by atoms with Gasteiger partial charge in [0.15, 0.2) is 0 Å². The van der Waals surface area contributed by atoms with Crippen LogP contribution < -0.4 is 5.73 Å². The zero-order valence-corrected chi connectivity index (χ0v) is 10.8. The predicted molar refractivity (Wildman–Crippen MR) is 68.0 cm³/mol. The lowest BCUT2D eigenvalue weighted by atomic mass is 10.2. The molecule has 0 aromatic carbocycles. The second kappa shape index (κ2) is 5.46. The van der Waals surface area contributed by atoms with E-state index >= 15 is 0 Å². The highest BCUT2D eigenvalue weighted by Crippen LogP contribution is 2.13. The highest BCUT2D eigenvalue weighted by molar-refractivity contribution is 5.92. The molecular formula is C13H19N3O2. The second-order valence-corrected chi connectivity index (χ2v) is 4.72. The quantitative estimate of drug-likeness (QED) is 0.841. The van der Waals surface area contributed by atoms with E-state index in [1.165, 1.54) is 0 Å². The zero-order chi connectivity index (χ0) is 13.1. The van der Waals surface area contributed by atoms with Gasteiger partial charge in [-0.3, -0.25) is 9.78 Å². The van der Waals surface area contributed by atoms with Crippen LogP contribution in [0.2, 0.25) is 0 Å². The van der Waals surface area contributed by atoms with Crippen LogP contribution in [0.25, 0.3) is 0 Å². The largest absolute Gasteiger partial charge is 0.372 e. The van der Waals surface area contributed by atoms with Crippen LogP contribution in [0.1, 0.15) is 29.9 Å². The van der Waals surface area contributed by atoms with Gasteiger partial charge >= 0.3 is 0 Å². The topological polar surface area (TPSA) is 68.5 Å². The van der Waals surface area contributed by atoms with Crippen molar-refractivity contribution in [3.8, 4) is 0 Å². The van der Waals surface area contributed by atoms with Crippen LogP contribution in [-0.4, -0.2) is 41.1 Å². The summed E-state index contributed by atoms with van der Waals surface area (Å²) < 4.78 is 5.61. The lowest BCUT2D eigenvalue weighted by Gasteiger charge is -2.35. The summed E-state index contributed by atoms with van der Waals surface area (Å²) in [4.78, 5) is 18.2. The van der Waals surface area contributed by atoms with Gasteiger partial charge in [-0.05, 0) is 25.5 Å². The van der Waals surface area contributed by atoms with Crippen LogP contribution in [0, 0.1) is 0 Å². The van der Waals surface area contributed by atoms with Crippen LogP contribution in [0.4, 0.5) is 0 Å². The van der Waals surface area contributed by atoms with Gasteiger partial charge < -0.3 is 15.4 Å². The Morgan fingerprint density at radius 2 is 2.11 bits per heavy atom. The molecule has 98 valence electrons. The molecule has 18 heavy (non-hydrogen) atoms. The fraction of sp³-hybridized carbons (Fsp3) is 0.538. The third-order valence-corrected chi connectivity index (χ3v) is 2.99. The summed E-state index contributed by atoms with van der Waals surface area (Å²) in [5.41, 5.74) is 6.90. The molecule has 2 unspecified atom stereocenters. The number of rotatable bonds is 2. The number of ether oxygens (including phenoxy) is 1. The van der Waals surface area contributed by atoms with Gasteiger partial charge in [0, 0.05) is 25.8 Å². The molecular weight excluding hydrogens is 230 g/mol. The summed E-state index contributed by atoms with van der Waals surface area (Å²) in [6.07, 6.45) is 1.79. The molecule has 1 saturated heterocycles. The van der Waals surface area contributed by atoms with Gasteiger partial charge in [0.2, 0.25) is 0 Å². The Morgan fingerprint density at radius 1 is 1.44 bits per heavy atom. The van der Waals surface area contributed by atoms with Gasteiger partial charge in [-0.25, -0.2) is 0 Å². The first-order chi connectivity index (χ1) is 8.60. The summed E-state index contributed by atoms with van der Waals surface area (Å²) >= 11 is 0. The Hall–Kier alpha value is -1.46. The van der Waals surface area contributed by atoms with Crippen LogP contribution in [0.3, 0.4) is 0 Å². The monoisotopic (exact) mass is 249 g/mol. The average Bonchev–Trinajstić information content (AvgIpc) is 2.37. The summed E-state index contributed by atoms with van der Waals surface area (Å²) in [5.74, 6) is -0.0411. The van der Waals surface area contributed by atoms with E-state index in [0.717, 1.165) is 5.56 Å². The van der Waals surface area contributed by atoms with Gasteiger partial charge in [0.25, 0.3) is 5.91 Å². The highest BCUT2D eigenvalue weighted by atomic mass is 16.5. The molecule has 2 atom stereocenters. The number of amides is 1. The van der Waals surface area contributed by atoms with Crippen molar-refractivity contribution in [2.45, 2.75) is 32.6 Å². The maximum atomic E-state index is 12.3. The van der Waals surface area contributed by atoms with Crippen LogP contribution >= 0.6 is 0 Å². The minimum Gasteiger partial charge on any atom is -0.372 e. The number of pyridine rings is 1. The van der Waals surface area contributed by atoms with Crippen LogP contribution in [0.5, 0.6) is 0 Å². The smallest absolute Gasteiger partial charge is 0.272 e. The summed E-state index contributed by atoms with van der Waals surface area (Å²) in [7, 11) is 0. The van der Waals surface area contributed by atoms with Crippen molar-refractivity contribution >= 4 is 5.91 Å². The number of aromatic nitrogens is 1. The first-order valence-electron chi connectivity index (χ1n) is 6.20. The lowest BCUT2D eigenvalue weighted by Crippen LogP contribution is -2.48. The Balaban J connectivity index is 2.09. The zero-order valence-electron chi connectivity index (χ0n) is 10.8. The summed E-state index contributed by atoms with van der Waals surface area (Å²) in [5, 5.41) is 0. The molecule has 2 N–H and O–H groups in total. The Bertz CT molecular complexity index is 409. The molecule has 1 fully saturated rings. The number of nitrogens with two attached hydrogens (primary N) is 1. The van der Waals surface area contributed by atoms with Crippen molar-refractivity contribution in [1.29, 1.82) is 0 Å². The molecule has 0 radical (unpaired) electrons. The standard InChI is InChI=1S/C13H19N3O2/c1-9-7-16(8-10(2)18-9)13(17)12-4-3-11(5-14)6-15-12/h3-4,6,9-10H,5,7-8,14H2,1-2H3. The molecule has 1 aliphatic rings. The van der Waals surface area contributed by atoms with E-state index in [2.05, 4.69) is 4.98 Å². The first-order valence-corrected chi connectivity index (χ1v) is 6.20. The van der Waals surface area contributed by atoms with Crippen LogP contribution in [-0.2, 0) is 11.3 Å². The van der Waals surface area contributed by atoms with E-state index in [4.69, 9.17) is 10.5 Å². The minimum atomic E-state index is -0.0411. The molecule has 0 saturated carbocycles. The van der Waals surface area contributed by atoms with Crippen LogP contribution in [0.15, 0.2) is 18.3 Å². The third kappa shape index (κ3) is 2.86. The molecule has 1 aliphatic heterocycles. The fourth-order valence-corrected chi connectivity index (χ4v) is 2.18. The normalized spacial score (nSPS) is 24.1. The number of nitrogens with zero attached hydrogens (tertiary/aromatic N) is 2. The number of carbonyl (C=O) groups excluding carboxylic acids is 1. The van der Waals surface area contributed by atoms with Gasteiger partial charge in [0.05, 0.1) is 12.2 Å². The summed E-state index contributed by atoms with van der Waals surface area (Å²) in [6, 6.07) is 3.57. The maximum Gasteiger partial charge on any atom is 0.272 e. The van der Waals surface area contributed by atoms with Gasteiger partial charge in [-0.1, -0.05) is 6.07 Å². The van der Waals surface area contributed by atoms with Crippen molar-refractivity contribution in [2.75, 3.05) is 13.1 Å². The van der Waals surface area contributed by atoms with E-state index in [0.29, 0.717) is 25.3 Å². The highest BCUT2D eigenvalue weighted by Gasteiger charge is 2.27. The molecule has 0 bridgehead atoms. The molecule has 2 heterocycles. The van der Waals surface area contributed by atoms with Crippen molar-refractivity contribution in [3.63, 3.8) is 0 Å². The van der Waals surface area contributed by atoms with Crippen molar-refractivity contribution in [3.05, 3.63) is 29.6 Å². The molecule has 2 rings (SSSR count). The number of hydrogen-bond acceptors (Lipinski definition) is 4. The van der Waals surface area contributed by atoms with E-state index in [9.17, 15) is 4.79 Å². The van der Waals surface area contributed by atoms with E-state index in [1.807, 2.05) is 19.9 Å². The SMILES string of the molecule is CC1CN(C(=O)c2ccc(CN)cn2)CC(C)O1. The van der Waals surface area contributed by atoms with Gasteiger partial charge in [-0.15, -0.1) is 0 Å². The molecule has 5 nitrogen and oxygen atoms in total. The Morgan fingerprint density at radius 3 is 2.61 bits per heavy atom. The van der Waals surface area contributed by atoms with E-state index in [1.54, 1.807) is 17.2 Å². The fourth-order valence-electron chi connectivity index (χ4n) is 2.18. The molecule has 0 aliphatic carbocycles. The number of morpholine rings is 1. The average molecular weight is 249 g/mol. The van der Waals surface area contributed by atoms with Crippen molar-refractivity contribution in [1.82, 2.24) is 9.88 Å². The Labute approximate surface area is 107 Å². The lowest BCUT2D eigenvalue weighted by molar-refractivity contribution is -0.0587. The number of hydrogen-bond donors (Lipinski definition) is 1. The van der Waals surface area contributed by atoms with Gasteiger partial charge in [-0.2, -0.15) is 0 Å². The third-order valence-electron chi connectivity index (χ3n) is 2.99. The molecule has 1 aromatic rings. The van der Waals surface area contributed by atoms with E-state index in [-0.39, 0.29) is 18.1 Å².